The van der Waals surface area contributed by atoms with Crippen LogP contribution in [0.2, 0.25) is 0 Å². The lowest BCUT2D eigenvalue weighted by molar-refractivity contribution is -0.143. The molecule has 0 heterocycles. The average molecular weight is 1130 g/mol. The molecular weight excluding hydrogens is 995 g/mol. The first-order valence-corrected chi connectivity index (χ1v) is 36.1. The number of aliphatic hydroxyl groups excluding tert-OH is 2. The zero-order valence-electron chi connectivity index (χ0n) is 54.3. The first-order chi connectivity index (χ1) is 40.0. The molecule has 0 radical (unpaired) electrons. The normalized spacial score (nSPS) is 12.9. The Morgan fingerprint density at radius 3 is 0.975 bits per heavy atom. The van der Waals surface area contributed by atoms with E-state index in [1.165, 1.54) is 295 Å². The minimum atomic E-state index is -0.846. The second kappa shape index (κ2) is 70.0. The molecule has 0 spiro atoms. The molecule has 2 atom stereocenters. The van der Waals surface area contributed by atoms with Crippen LogP contribution >= 0.6 is 0 Å². The summed E-state index contributed by atoms with van der Waals surface area (Å²) < 4.78 is 5.48. The van der Waals surface area contributed by atoms with E-state index in [0.717, 1.165) is 57.8 Å². The van der Waals surface area contributed by atoms with Crippen molar-refractivity contribution in [2.24, 2.45) is 0 Å². The van der Waals surface area contributed by atoms with Crippen molar-refractivity contribution >= 4 is 11.9 Å². The van der Waals surface area contributed by atoms with Crippen molar-refractivity contribution in [1.29, 1.82) is 0 Å². The van der Waals surface area contributed by atoms with Crippen LogP contribution in [0.3, 0.4) is 0 Å². The SMILES string of the molecule is CCCC/C=C\C/C=C\CCCCCCCC(=O)OCCCCCCCCCCC/C=C\C/C=C\CCCCCCCCCCCCCCCCCC(=O)NC(CO)C(O)/C=C/CCCCCCCCCCCCCCCCCCC. The van der Waals surface area contributed by atoms with Gasteiger partial charge in [-0.15, -0.1) is 0 Å². The number of allylic oxidation sites excluding steroid dienone is 9. The second-order valence-electron chi connectivity index (χ2n) is 24.6. The summed E-state index contributed by atoms with van der Waals surface area (Å²) in [5, 5.41) is 23.2. The van der Waals surface area contributed by atoms with Crippen LogP contribution < -0.4 is 5.32 Å². The van der Waals surface area contributed by atoms with Crippen molar-refractivity contribution in [3.63, 3.8) is 0 Å². The highest BCUT2D eigenvalue weighted by Crippen LogP contribution is 2.18. The van der Waals surface area contributed by atoms with Crippen LogP contribution in [0.15, 0.2) is 60.8 Å². The molecule has 3 N–H and O–H groups in total. The number of unbranched alkanes of at least 4 members (excludes halogenated alkanes) is 48. The Hall–Kier alpha value is -2.44. The Labute approximate surface area is 505 Å². The molecule has 0 aliphatic heterocycles. The second-order valence-corrected chi connectivity index (χ2v) is 24.6. The van der Waals surface area contributed by atoms with Gasteiger partial charge < -0.3 is 20.3 Å². The van der Waals surface area contributed by atoms with Gasteiger partial charge in [0.2, 0.25) is 5.91 Å². The summed E-state index contributed by atoms with van der Waals surface area (Å²) in [6.45, 7) is 4.88. The number of hydrogen-bond donors (Lipinski definition) is 3. The van der Waals surface area contributed by atoms with E-state index in [1.807, 2.05) is 6.08 Å². The van der Waals surface area contributed by atoms with Crippen molar-refractivity contribution in [3.05, 3.63) is 60.8 Å². The summed E-state index contributed by atoms with van der Waals surface area (Å²) in [6.07, 6.45) is 93.0. The highest BCUT2D eigenvalue weighted by molar-refractivity contribution is 5.76. The van der Waals surface area contributed by atoms with E-state index in [0.29, 0.717) is 19.4 Å². The highest BCUT2D eigenvalue weighted by Gasteiger charge is 2.18. The van der Waals surface area contributed by atoms with E-state index in [-0.39, 0.29) is 18.5 Å². The van der Waals surface area contributed by atoms with Gasteiger partial charge in [-0.1, -0.05) is 338 Å². The maximum absolute atomic E-state index is 12.5. The minimum absolute atomic E-state index is 0.00193. The lowest BCUT2D eigenvalue weighted by atomic mass is 10.0. The van der Waals surface area contributed by atoms with Crippen molar-refractivity contribution in [2.75, 3.05) is 13.2 Å². The van der Waals surface area contributed by atoms with Crippen molar-refractivity contribution in [3.8, 4) is 0 Å². The topological polar surface area (TPSA) is 95.9 Å². The molecule has 0 aromatic heterocycles. The smallest absolute Gasteiger partial charge is 0.305 e. The Morgan fingerprint density at radius 1 is 0.346 bits per heavy atom. The van der Waals surface area contributed by atoms with Crippen LogP contribution in [0.5, 0.6) is 0 Å². The quantitative estimate of drug-likeness (QED) is 0.0320. The zero-order chi connectivity index (χ0) is 58.5. The molecule has 0 aliphatic carbocycles. The molecule has 0 saturated heterocycles. The first-order valence-electron chi connectivity index (χ1n) is 36.1. The molecule has 6 nitrogen and oxygen atoms in total. The molecule has 0 aromatic carbocycles. The molecule has 6 heteroatoms. The molecule has 0 aliphatic rings. The number of ether oxygens (including phenoxy) is 1. The van der Waals surface area contributed by atoms with Crippen LogP contribution in [0.25, 0.3) is 0 Å². The van der Waals surface area contributed by atoms with Crippen LogP contribution in [0.1, 0.15) is 380 Å². The fraction of sp³-hybridized carbons (Fsp3) is 0.840. The molecule has 0 bridgehead atoms. The number of nitrogens with one attached hydrogen (secondary N) is 1. The lowest BCUT2D eigenvalue weighted by Crippen LogP contribution is -2.45. The molecule has 0 fully saturated rings. The van der Waals surface area contributed by atoms with E-state index in [1.54, 1.807) is 6.08 Å². The van der Waals surface area contributed by atoms with E-state index >= 15 is 0 Å². The largest absolute Gasteiger partial charge is 0.466 e. The number of aliphatic hydroxyl groups is 2. The van der Waals surface area contributed by atoms with Crippen molar-refractivity contribution in [1.82, 2.24) is 5.32 Å². The van der Waals surface area contributed by atoms with Gasteiger partial charge in [0.25, 0.3) is 0 Å². The predicted molar refractivity (Wildman–Crippen MR) is 356 cm³/mol. The lowest BCUT2D eigenvalue weighted by Gasteiger charge is -2.20. The van der Waals surface area contributed by atoms with Gasteiger partial charge >= 0.3 is 5.97 Å². The maximum atomic E-state index is 12.5. The van der Waals surface area contributed by atoms with Crippen molar-refractivity contribution in [2.45, 2.75) is 392 Å². The number of hydrogen-bond acceptors (Lipinski definition) is 5. The third kappa shape index (κ3) is 66.6. The number of rotatable bonds is 67. The predicted octanol–water partition coefficient (Wildman–Crippen LogP) is 23.4. The van der Waals surface area contributed by atoms with Crippen LogP contribution in [-0.4, -0.2) is 47.4 Å². The van der Waals surface area contributed by atoms with Gasteiger partial charge in [-0.3, -0.25) is 9.59 Å². The number of amides is 1. The summed E-state index contributed by atoms with van der Waals surface area (Å²) in [7, 11) is 0. The fourth-order valence-corrected chi connectivity index (χ4v) is 11.0. The van der Waals surface area contributed by atoms with Crippen LogP contribution in [0.4, 0.5) is 0 Å². The van der Waals surface area contributed by atoms with E-state index in [4.69, 9.17) is 4.74 Å². The third-order valence-electron chi connectivity index (χ3n) is 16.5. The van der Waals surface area contributed by atoms with Gasteiger partial charge in [0.1, 0.15) is 0 Å². The highest BCUT2D eigenvalue weighted by atomic mass is 16.5. The van der Waals surface area contributed by atoms with Gasteiger partial charge in [-0.25, -0.2) is 0 Å². The minimum Gasteiger partial charge on any atom is -0.466 e. The van der Waals surface area contributed by atoms with E-state index in [9.17, 15) is 19.8 Å². The summed E-state index contributed by atoms with van der Waals surface area (Å²) in [4.78, 5) is 24.6. The van der Waals surface area contributed by atoms with Gasteiger partial charge in [0.05, 0.1) is 25.4 Å². The first kappa shape index (κ1) is 78.6. The Kier molecular flexibility index (Phi) is 67.9. The molecule has 0 saturated carbocycles. The Bertz CT molecular complexity index is 1400. The van der Waals surface area contributed by atoms with Gasteiger partial charge in [0.15, 0.2) is 0 Å². The summed E-state index contributed by atoms with van der Waals surface area (Å²) in [5.41, 5.74) is 0. The standard InChI is InChI=1S/C75H139NO5/c1-3-5-7-9-11-13-15-17-19-20-34-37-40-43-47-51-55-59-63-67-73(78)72(71-77)76-74(79)68-64-60-56-52-48-44-41-38-35-32-30-28-26-24-22-21-23-25-27-29-31-33-36-39-42-46-50-54-58-62-66-70-81-75(80)69-65-61-57-53-49-45-18-16-14-12-10-8-6-4-2/h10,12,16,18,23,25,29,31,63,67,72-73,77-78H,3-9,11,13-15,17,19-22,24,26-28,30,32-62,64-66,68-71H2,1-2H3,(H,76,79)/b12-10-,18-16-,25-23-,31-29-,67-63+. The molecule has 0 rings (SSSR count). The zero-order valence-corrected chi connectivity index (χ0v) is 54.3. The number of carbonyl (C=O) groups excluding carboxylic acids is 2. The van der Waals surface area contributed by atoms with Crippen LogP contribution in [-0.2, 0) is 14.3 Å². The summed E-state index contributed by atoms with van der Waals surface area (Å²) in [6, 6.07) is -0.629. The fourth-order valence-electron chi connectivity index (χ4n) is 11.0. The molecule has 1 amide bonds. The summed E-state index contributed by atoms with van der Waals surface area (Å²) >= 11 is 0. The Balaban J connectivity index is 3.42. The molecule has 2 unspecified atom stereocenters. The molecular formula is C75H139NO5. The number of esters is 1. The van der Waals surface area contributed by atoms with Crippen molar-refractivity contribution < 1.29 is 24.5 Å². The number of carbonyl (C=O) groups is 2. The molecule has 81 heavy (non-hydrogen) atoms. The molecule has 0 aromatic rings. The summed E-state index contributed by atoms with van der Waals surface area (Å²) in [5.74, 6) is -0.0667. The van der Waals surface area contributed by atoms with Gasteiger partial charge in [-0.2, -0.15) is 0 Å². The molecule has 474 valence electrons. The van der Waals surface area contributed by atoms with Gasteiger partial charge in [0, 0.05) is 12.8 Å². The van der Waals surface area contributed by atoms with E-state index < -0.39 is 12.1 Å². The van der Waals surface area contributed by atoms with Gasteiger partial charge in [-0.05, 0) is 89.9 Å². The third-order valence-corrected chi connectivity index (χ3v) is 16.5. The monoisotopic (exact) mass is 1130 g/mol. The van der Waals surface area contributed by atoms with E-state index in [2.05, 4.69) is 67.8 Å². The average Bonchev–Trinajstić information content (AvgIpc) is 3.47. The maximum Gasteiger partial charge on any atom is 0.305 e. The Morgan fingerprint density at radius 2 is 0.630 bits per heavy atom. The van der Waals surface area contributed by atoms with Crippen LogP contribution in [0, 0.1) is 0 Å².